The summed E-state index contributed by atoms with van der Waals surface area (Å²) in [5.74, 6) is 1.22. The fourth-order valence-corrected chi connectivity index (χ4v) is 3.53. The van der Waals surface area contributed by atoms with Gasteiger partial charge in [0, 0.05) is 37.0 Å². The topological polar surface area (TPSA) is 101 Å². The maximum atomic E-state index is 11.8. The van der Waals surface area contributed by atoms with Crippen LogP contribution in [0.25, 0.3) is 5.65 Å². The lowest BCUT2D eigenvalue weighted by molar-refractivity contribution is -0.116. The molecule has 0 spiro atoms. The molecule has 0 atom stereocenters. The van der Waals surface area contributed by atoms with E-state index in [0.29, 0.717) is 17.7 Å². The Balaban J connectivity index is 1.50. The highest BCUT2D eigenvalue weighted by atomic mass is 16.2. The van der Waals surface area contributed by atoms with Crippen LogP contribution in [0.15, 0.2) is 30.5 Å². The molecule has 27 heavy (non-hydrogen) atoms. The molecule has 1 fully saturated rings. The summed E-state index contributed by atoms with van der Waals surface area (Å²) in [5, 5.41) is 11.4. The minimum absolute atomic E-state index is 0.0625. The van der Waals surface area contributed by atoms with Gasteiger partial charge in [-0.25, -0.2) is 4.98 Å². The summed E-state index contributed by atoms with van der Waals surface area (Å²) in [6, 6.07) is 8.52. The molecule has 8 heteroatoms. The van der Waals surface area contributed by atoms with Crippen LogP contribution in [0.3, 0.4) is 0 Å². The number of rotatable bonds is 4. The van der Waals surface area contributed by atoms with Crippen molar-refractivity contribution in [3.63, 3.8) is 0 Å². The zero-order chi connectivity index (χ0) is 18.5. The van der Waals surface area contributed by atoms with E-state index < -0.39 is 0 Å². The number of benzene rings is 1. The second kappa shape index (κ2) is 5.87. The second-order valence-electron chi connectivity index (χ2n) is 7.17. The van der Waals surface area contributed by atoms with Gasteiger partial charge in [0.25, 0.3) is 0 Å². The SMILES string of the molecule is CC(=O)N1CCc2ccc(Nc3cc(NC4CC4)c4ncc(N)n4n3)cc21. The average molecular weight is 363 g/mol. The number of nitrogen functional groups attached to an aromatic ring is 1. The minimum atomic E-state index is 0.0625. The Morgan fingerprint density at radius 1 is 1.30 bits per heavy atom. The quantitative estimate of drug-likeness (QED) is 0.659. The normalized spacial score (nSPS) is 15.8. The van der Waals surface area contributed by atoms with E-state index in [9.17, 15) is 4.79 Å². The van der Waals surface area contributed by atoms with Gasteiger partial charge in [-0.1, -0.05) is 6.07 Å². The van der Waals surface area contributed by atoms with E-state index in [2.05, 4.69) is 26.8 Å². The Morgan fingerprint density at radius 2 is 2.15 bits per heavy atom. The number of anilines is 5. The number of imidazole rings is 1. The van der Waals surface area contributed by atoms with Crippen molar-refractivity contribution in [1.82, 2.24) is 14.6 Å². The molecule has 2 aliphatic rings. The number of nitrogens with zero attached hydrogens (tertiary/aromatic N) is 4. The van der Waals surface area contributed by atoms with Crippen molar-refractivity contribution in [3.05, 3.63) is 36.0 Å². The zero-order valence-corrected chi connectivity index (χ0v) is 15.1. The maximum absolute atomic E-state index is 11.8. The van der Waals surface area contributed by atoms with Crippen LogP contribution >= 0.6 is 0 Å². The number of hydrogen-bond donors (Lipinski definition) is 3. The number of carbonyl (C=O) groups is 1. The summed E-state index contributed by atoms with van der Waals surface area (Å²) in [6.45, 7) is 2.34. The molecule has 0 unspecified atom stereocenters. The van der Waals surface area contributed by atoms with Gasteiger partial charge in [-0.3, -0.25) is 4.79 Å². The summed E-state index contributed by atoms with van der Waals surface area (Å²) in [7, 11) is 0. The van der Waals surface area contributed by atoms with Gasteiger partial charge in [0.2, 0.25) is 5.91 Å². The predicted octanol–water partition coefficient (Wildman–Crippen LogP) is 2.54. The fraction of sp³-hybridized carbons (Fsp3) is 0.316. The van der Waals surface area contributed by atoms with Crippen molar-refractivity contribution < 1.29 is 4.79 Å². The van der Waals surface area contributed by atoms with Gasteiger partial charge in [0.05, 0.1) is 11.9 Å². The summed E-state index contributed by atoms with van der Waals surface area (Å²) >= 11 is 0. The second-order valence-corrected chi connectivity index (χ2v) is 7.17. The molecule has 1 aliphatic heterocycles. The summed E-state index contributed by atoms with van der Waals surface area (Å²) in [6.07, 6.45) is 4.84. The van der Waals surface area contributed by atoms with Gasteiger partial charge in [-0.05, 0) is 37.0 Å². The van der Waals surface area contributed by atoms with Gasteiger partial charge in [0.1, 0.15) is 5.82 Å². The monoisotopic (exact) mass is 363 g/mol. The third-order valence-corrected chi connectivity index (χ3v) is 5.06. The molecule has 1 amide bonds. The van der Waals surface area contributed by atoms with Crippen molar-refractivity contribution in [3.8, 4) is 0 Å². The fourth-order valence-electron chi connectivity index (χ4n) is 3.53. The number of amides is 1. The summed E-state index contributed by atoms with van der Waals surface area (Å²) in [5.41, 5.74) is 10.7. The van der Waals surface area contributed by atoms with Crippen molar-refractivity contribution in [2.45, 2.75) is 32.2 Å². The Bertz CT molecular complexity index is 1050. The molecule has 0 bridgehead atoms. The van der Waals surface area contributed by atoms with E-state index >= 15 is 0 Å². The van der Waals surface area contributed by atoms with Crippen molar-refractivity contribution in [1.29, 1.82) is 0 Å². The first-order chi connectivity index (χ1) is 13.1. The van der Waals surface area contributed by atoms with Crippen LogP contribution in [0.1, 0.15) is 25.3 Å². The van der Waals surface area contributed by atoms with E-state index in [4.69, 9.17) is 5.73 Å². The first-order valence-corrected chi connectivity index (χ1v) is 9.17. The lowest BCUT2D eigenvalue weighted by Crippen LogP contribution is -2.25. The van der Waals surface area contributed by atoms with Crippen LogP contribution in [-0.4, -0.2) is 33.1 Å². The van der Waals surface area contributed by atoms with Crippen LogP contribution < -0.4 is 21.3 Å². The third-order valence-electron chi connectivity index (χ3n) is 5.06. The molecular weight excluding hydrogens is 342 g/mol. The molecule has 138 valence electrons. The molecule has 3 aromatic rings. The Hall–Kier alpha value is -3.29. The first kappa shape index (κ1) is 15.9. The van der Waals surface area contributed by atoms with Crippen LogP contribution in [0.2, 0.25) is 0 Å². The van der Waals surface area contributed by atoms with Gasteiger partial charge in [-0.15, -0.1) is 5.10 Å². The number of hydrogen-bond acceptors (Lipinski definition) is 6. The summed E-state index contributed by atoms with van der Waals surface area (Å²) < 4.78 is 1.64. The predicted molar refractivity (Wildman–Crippen MR) is 105 cm³/mol. The van der Waals surface area contributed by atoms with Crippen LogP contribution in [0, 0.1) is 0 Å². The minimum Gasteiger partial charge on any atom is -0.382 e. The molecule has 1 aliphatic carbocycles. The molecule has 4 N–H and O–H groups in total. The molecular formula is C19H21N7O. The van der Waals surface area contributed by atoms with E-state index in [1.807, 2.05) is 23.1 Å². The highest BCUT2D eigenvalue weighted by Gasteiger charge is 2.24. The average Bonchev–Trinajstić information content (AvgIpc) is 3.22. The number of carbonyl (C=O) groups excluding carboxylic acids is 1. The number of nitrogens with one attached hydrogen (secondary N) is 2. The Labute approximate surface area is 156 Å². The molecule has 1 aromatic carbocycles. The molecule has 5 rings (SSSR count). The van der Waals surface area contributed by atoms with Gasteiger partial charge in [-0.2, -0.15) is 4.52 Å². The molecule has 8 nitrogen and oxygen atoms in total. The number of nitrogens with two attached hydrogens (primary N) is 1. The smallest absolute Gasteiger partial charge is 0.223 e. The molecule has 3 heterocycles. The van der Waals surface area contributed by atoms with Gasteiger partial charge in [0.15, 0.2) is 11.5 Å². The van der Waals surface area contributed by atoms with Crippen molar-refractivity contribution >= 4 is 40.3 Å². The van der Waals surface area contributed by atoms with Gasteiger partial charge < -0.3 is 21.3 Å². The molecule has 0 saturated heterocycles. The van der Waals surface area contributed by atoms with E-state index in [-0.39, 0.29) is 5.91 Å². The standard InChI is InChI=1S/C19H21N7O/c1-11(27)25-7-6-12-2-3-14(8-16(12)25)23-18-9-15(22-13-4-5-13)19-21-10-17(20)26(19)24-18/h2-3,8-10,13,22H,4-7,20H2,1H3,(H,23,24). The number of fused-ring (bicyclic) bond motifs is 2. The van der Waals surface area contributed by atoms with Crippen molar-refractivity contribution in [2.75, 3.05) is 27.8 Å². The van der Waals surface area contributed by atoms with Crippen LogP contribution in [0.4, 0.5) is 28.7 Å². The van der Waals surface area contributed by atoms with E-state index in [1.165, 1.54) is 18.4 Å². The first-order valence-electron chi connectivity index (χ1n) is 9.17. The van der Waals surface area contributed by atoms with Crippen molar-refractivity contribution in [2.24, 2.45) is 0 Å². The van der Waals surface area contributed by atoms with Crippen LogP contribution in [0.5, 0.6) is 0 Å². The zero-order valence-electron chi connectivity index (χ0n) is 15.1. The lowest BCUT2D eigenvalue weighted by atomic mass is 10.1. The molecule has 2 aromatic heterocycles. The largest absolute Gasteiger partial charge is 0.382 e. The third kappa shape index (κ3) is 2.83. The maximum Gasteiger partial charge on any atom is 0.223 e. The molecule has 1 saturated carbocycles. The highest BCUT2D eigenvalue weighted by Crippen LogP contribution is 2.33. The highest BCUT2D eigenvalue weighted by molar-refractivity contribution is 5.94. The van der Waals surface area contributed by atoms with Gasteiger partial charge >= 0.3 is 0 Å². The van der Waals surface area contributed by atoms with E-state index in [0.717, 1.165) is 35.7 Å². The van der Waals surface area contributed by atoms with E-state index in [1.54, 1.807) is 17.6 Å². The Morgan fingerprint density at radius 3 is 2.93 bits per heavy atom. The number of aromatic nitrogens is 3. The molecule has 0 radical (unpaired) electrons. The lowest BCUT2D eigenvalue weighted by Gasteiger charge is -2.16. The van der Waals surface area contributed by atoms with Crippen LogP contribution in [-0.2, 0) is 11.2 Å². The summed E-state index contributed by atoms with van der Waals surface area (Å²) in [4.78, 5) is 18.0. The Kier molecular flexibility index (Phi) is 3.46.